The van der Waals surface area contributed by atoms with Crippen molar-refractivity contribution in [1.29, 1.82) is 0 Å². The number of rotatable bonds is 13. The first-order chi connectivity index (χ1) is 30.3. The summed E-state index contributed by atoms with van der Waals surface area (Å²) in [6.45, 7) is 21.1. The Hall–Kier alpha value is -5.11. The number of benzene rings is 1. The fraction of sp³-hybridized carbons (Fsp3) is 0.627. The largest absolute Gasteiger partial charge is 0.482 e. The molecular weight excluding hydrogens is 827 g/mol. The molecule has 1 aliphatic heterocycles. The molecule has 4 bridgehead atoms. The van der Waals surface area contributed by atoms with Gasteiger partial charge in [-0.2, -0.15) is 0 Å². The maximum absolute atomic E-state index is 14.1. The minimum absolute atomic E-state index is 0.0804. The van der Waals surface area contributed by atoms with Crippen molar-refractivity contribution in [3.05, 3.63) is 64.6 Å². The third-order valence-electron chi connectivity index (χ3n) is 13.1. The molecule has 1 N–H and O–H groups in total. The molecule has 4 saturated carbocycles. The monoisotopic (exact) mass is 898 g/mol. The minimum atomic E-state index is -0.753. The fourth-order valence-corrected chi connectivity index (χ4v) is 11.1. The standard InChI is InChI=1S/C51H71N5O9/c1-32-35(17-20-56(32)31-50-24-33-23-34(25-50)27-51(26-33,30-50)62-22-21-54(12)46(60)65-49(8,9)10)37-14-16-41(53-43(37)45(59)64-48(5,6)7)55-19-18-36-39(28-55)38(44(58)52-11)13-15-40(36)61-29-42(57)63-47(2,3)4/h13-17,20,33-34H,18-19,21-31H2,1-12H3,(H,52,58). The second-order valence-corrected chi connectivity index (χ2v) is 22.1. The number of aromatic nitrogens is 2. The number of carbonyl (C=O) groups is 4. The predicted molar refractivity (Wildman–Crippen MR) is 248 cm³/mol. The second-order valence-electron chi connectivity index (χ2n) is 22.1. The smallest absolute Gasteiger partial charge is 0.410 e. The molecule has 2 unspecified atom stereocenters. The maximum Gasteiger partial charge on any atom is 0.410 e. The Bertz CT molecular complexity index is 2280. The van der Waals surface area contributed by atoms with Crippen LogP contribution in [0.3, 0.4) is 0 Å². The number of nitrogens with zero attached hydrogens (tertiary/aromatic N) is 4. The molecule has 354 valence electrons. The second kappa shape index (κ2) is 17.9. The van der Waals surface area contributed by atoms with Gasteiger partial charge in [0.1, 0.15) is 28.4 Å². The predicted octanol–water partition coefficient (Wildman–Crippen LogP) is 8.68. The third kappa shape index (κ3) is 11.1. The van der Waals surface area contributed by atoms with Crippen LogP contribution in [0.4, 0.5) is 10.6 Å². The van der Waals surface area contributed by atoms with E-state index in [-0.39, 0.29) is 35.3 Å². The first-order valence-corrected chi connectivity index (χ1v) is 23.3. The molecule has 3 aromatic rings. The van der Waals surface area contributed by atoms with Gasteiger partial charge in [0.15, 0.2) is 12.3 Å². The Balaban J connectivity index is 1.13. The van der Waals surface area contributed by atoms with Crippen LogP contribution < -0.4 is 15.0 Å². The summed E-state index contributed by atoms with van der Waals surface area (Å²) in [7, 11) is 3.36. The number of carbonyl (C=O) groups excluding carboxylic acids is 4. The summed E-state index contributed by atoms with van der Waals surface area (Å²) in [5.74, 6) is 1.09. The lowest BCUT2D eigenvalue weighted by molar-refractivity contribution is -0.197. The molecule has 3 heterocycles. The van der Waals surface area contributed by atoms with E-state index < -0.39 is 28.7 Å². The highest BCUT2D eigenvalue weighted by molar-refractivity contribution is 5.97. The van der Waals surface area contributed by atoms with Crippen LogP contribution in [-0.4, -0.2) is 101 Å². The summed E-state index contributed by atoms with van der Waals surface area (Å²) < 4.78 is 32.2. The van der Waals surface area contributed by atoms with Crippen LogP contribution in [-0.2, 0) is 43.3 Å². The lowest BCUT2D eigenvalue weighted by atomic mass is 9.48. The molecule has 2 amide bonds. The van der Waals surface area contributed by atoms with Gasteiger partial charge in [0.2, 0.25) is 0 Å². The van der Waals surface area contributed by atoms with E-state index in [0.717, 1.165) is 61.0 Å². The molecule has 65 heavy (non-hydrogen) atoms. The van der Waals surface area contributed by atoms with Crippen molar-refractivity contribution in [3.63, 3.8) is 0 Å². The highest BCUT2D eigenvalue weighted by Gasteiger charge is 2.58. The Labute approximate surface area is 385 Å². The molecule has 2 atom stereocenters. The molecule has 0 radical (unpaired) electrons. The normalized spacial score (nSPS) is 22.6. The first-order valence-electron chi connectivity index (χ1n) is 23.3. The molecule has 14 heteroatoms. The molecule has 4 fully saturated rings. The van der Waals surface area contributed by atoms with Crippen molar-refractivity contribution in [2.45, 2.75) is 150 Å². The molecule has 2 aromatic heterocycles. The van der Waals surface area contributed by atoms with Crippen molar-refractivity contribution < 1.29 is 42.9 Å². The van der Waals surface area contributed by atoms with Crippen molar-refractivity contribution in [2.75, 3.05) is 45.3 Å². The molecule has 14 nitrogen and oxygen atoms in total. The van der Waals surface area contributed by atoms with Crippen molar-refractivity contribution in [2.24, 2.45) is 17.3 Å². The van der Waals surface area contributed by atoms with Crippen molar-refractivity contribution >= 4 is 29.8 Å². The summed E-state index contributed by atoms with van der Waals surface area (Å²) in [5, 5.41) is 2.75. The van der Waals surface area contributed by atoms with Gasteiger partial charge in [-0.3, -0.25) is 4.79 Å². The quantitative estimate of drug-likeness (QED) is 0.130. The Kier molecular flexibility index (Phi) is 13.2. The zero-order chi connectivity index (χ0) is 47.3. The van der Waals surface area contributed by atoms with Gasteiger partial charge in [0.25, 0.3) is 5.91 Å². The lowest BCUT2D eigenvalue weighted by Crippen LogP contribution is -2.58. The van der Waals surface area contributed by atoms with Crippen LogP contribution in [0, 0.1) is 24.2 Å². The Morgan fingerprint density at radius 1 is 0.846 bits per heavy atom. The summed E-state index contributed by atoms with van der Waals surface area (Å²) >= 11 is 0. The number of esters is 2. The highest BCUT2D eigenvalue weighted by Crippen LogP contribution is 2.63. The van der Waals surface area contributed by atoms with Crippen LogP contribution in [0.15, 0.2) is 36.5 Å². The van der Waals surface area contributed by atoms with Gasteiger partial charge in [0.05, 0.1) is 12.2 Å². The number of hydrogen-bond donors (Lipinski definition) is 1. The van der Waals surface area contributed by atoms with Gasteiger partial charge in [-0.05, 0) is 167 Å². The van der Waals surface area contributed by atoms with Crippen LogP contribution in [0.2, 0.25) is 0 Å². The van der Waals surface area contributed by atoms with Gasteiger partial charge in [-0.25, -0.2) is 19.4 Å². The van der Waals surface area contributed by atoms with Gasteiger partial charge in [-0.15, -0.1) is 0 Å². The zero-order valence-electron chi connectivity index (χ0n) is 40.8. The van der Waals surface area contributed by atoms with Gasteiger partial charge in [-0.1, -0.05) is 0 Å². The number of anilines is 1. The lowest BCUT2D eigenvalue weighted by Gasteiger charge is -2.62. The highest BCUT2D eigenvalue weighted by atomic mass is 16.6. The SMILES string of the molecule is CNC(=O)c1ccc(OCC(=O)OC(C)(C)C)c2c1CN(c1ccc(-c3ccn(CC45CC6CC(C4)CC(OCCN(C)C(=O)OC(C)(C)C)(C6)C5)c3C)c(C(=O)OC(C)(C)C)n1)CC2. The fourth-order valence-electron chi connectivity index (χ4n) is 11.1. The third-order valence-corrected chi connectivity index (χ3v) is 13.1. The van der Waals surface area contributed by atoms with Gasteiger partial charge in [0, 0.05) is 74.4 Å². The number of likely N-dealkylation sites (N-methyl/N-ethyl adjacent to an activating group) is 1. The molecule has 0 spiro atoms. The Morgan fingerprint density at radius 3 is 2.17 bits per heavy atom. The zero-order valence-corrected chi connectivity index (χ0v) is 40.8. The van der Waals surface area contributed by atoms with E-state index in [0.29, 0.717) is 67.2 Å². The van der Waals surface area contributed by atoms with Crippen LogP contribution in [0.5, 0.6) is 5.75 Å². The molecule has 5 aliphatic rings. The number of amides is 2. The van der Waals surface area contributed by atoms with Crippen LogP contribution in [0.1, 0.15) is 139 Å². The average molecular weight is 898 g/mol. The molecule has 4 aliphatic carbocycles. The van der Waals surface area contributed by atoms with E-state index in [4.69, 9.17) is 28.7 Å². The van der Waals surface area contributed by atoms with E-state index in [1.165, 1.54) is 6.42 Å². The van der Waals surface area contributed by atoms with E-state index in [1.54, 1.807) is 51.9 Å². The summed E-state index contributed by atoms with van der Waals surface area (Å²) in [4.78, 5) is 61.2. The van der Waals surface area contributed by atoms with E-state index in [1.807, 2.05) is 53.7 Å². The van der Waals surface area contributed by atoms with E-state index >= 15 is 0 Å². The van der Waals surface area contributed by atoms with Gasteiger partial charge < -0.3 is 43.4 Å². The van der Waals surface area contributed by atoms with E-state index in [9.17, 15) is 19.2 Å². The molecular formula is C51H71N5O9. The number of hydrogen-bond acceptors (Lipinski definition) is 11. The number of fused-ring (bicyclic) bond motifs is 1. The number of nitrogens with one attached hydrogen (secondary N) is 1. The maximum atomic E-state index is 14.1. The van der Waals surface area contributed by atoms with Crippen LogP contribution in [0.25, 0.3) is 11.1 Å². The van der Waals surface area contributed by atoms with Crippen molar-refractivity contribution in [3.8, 4) is 16.9 Å². The Morgan fingerprint density at radius 2 is 1.52 bits per heavy atom. The van der Waals surface area contributed by atoms with E-state index in [2.05, 4.69) is 34.0 Å². The first kappa shape index (κ1) is 47.8. The molecule has 1 aromatic carbocycles. The molecule has 0 saturated heterocycles. The van der Waals surface area contributed by atoms with Crippen LogP contribution >= 0.6 is 0 Å². The number of ether oxygens (including phenoxy) is 5. The minimum Gasteiger partial charge on any atom is -0.482 e. The number of pyridine rings is 1. The topological polar surface area (TPSA) is 151 Å². The van der Waals surface area contributed by atoms with Gasteiger partial charge >= 0.3 is 18.0 Å². The van der Waals surface area contributed by atoms with Crippen molar-refractivity contribution in [1.82, 2.24) is 19.8 Å². The summed E-state index contributed by atoms with van der Waals surface area (Å²) in [5.41, 5.74) is 2.93. The summed E-state index contributed by atoms with van der Waals surface area (Å²) in [6.07, 6.45) is 8.99. The molecule has 8 rings (SSSR count). The summed E-state index contributed by atoms with van der Waals surface area (Å²) in [6, 6.07) is 9.44. The average Bonchev–Trinajstić information content (AvgIpc) is 3.54.